The summed E-state index contributed by atoms with van der Waals surface area (Å²) in [6.45, 7) is 14.7. The third-order valence-corrected chi connectivity index (χ3v) is 12.8. The lowest BCUT2D eigenvalue weighted by atomic mass is 10.1. The van der Waals surface area contributed by atoms with Crippen molar-refractivity contribution in [2.24, 2.45) is 0 Å². The SMILES string of the molecule is CC[C@H]1OCCC1O[P@@](=O)(OCCC(=O)N(C)OC(C)=O)OC[C@H]1OCCC1O[Si](C)(C)C(C)(C)C. The van der Waals surface area contributed by atoms with E-state index in [4.69, 9.17) is 32.3 Å². The van der Waals surface area contributed by atoms with Crippen LogP contribution < -0.4 is 0 Å². The van der Waals surface area contributed by atoms with Crippen molar-refractivity contribution in [3.05, 3.63) is 0 Å². The molecule has 2 rings (SSSR count). The van der Waals surface area contributed by atoms with Crippen molar-refractivity contribution in [1.29, 1.82) is 0 Å². The highest BCUT2D eigenvalue weighted by Gasteiger charge is 2.44. The predicted molar refractivity (Wildman–Crippen MR) is 135 cm³/mol. The molecule has 0 bridgehead atoms. The Labute approximate surface area is 216 Å². The smallest absolute Gasteiger partial charge is 0.411 e. The van der Waals surface area contributed by atoms with Gasteiger partial charge < -0.3 is 18.7 Å². The van der Waals surface area contributed by atoms with Gasteiger partial charge >= 0.3 is 13.8 Å². The second-order valence-electron chi connectivity index (χ2n) is 10.7. The van der Waals surface area contributed by atoms with Crippen molar-refractivity contribution < 1.29 is 46.5 Å². The summed E-state index contributed by atoms with van der Waals surface area (Å²) >= 11 is 0. The molecule has 2 fully saturated rings. The minimum Gasteiger partial charge on any atom is -0.411 e. The number of hydrogen-bond acceptors (Lipinski definition) is 10. The van der Waals surface area contributed by atoms with Crippen molar-refractivity contribution in [2.45, 2.75) is 103 Å². The van der Waals surface area contributed by atoms with E-state index in [9.17, 15) is 14.2 Å². The van der Waals surface area contributed by atoms with E-state index in [1.54, 1.807) is 0 Å². The maximum atomic E-state index is 13.6. The van der Waals surface area contributed by atoms with Gasteiger partial charge in [-0.1, -0.05) is 27.7 Å². The molecule has 5 atom stereocenters. The van der Waals surface area contributed by atoms with Crippen molar-refractivity contribution in [1.82, 2.24) is 5.06 Å². The molecule has 0 aliphatic carbocycles. The van der Waals surface area contributed by atoms with Gasteiger partial charge in [-0.15, -0.1) is 0 Å². The number of ether oxygens (including phenoxy) is 2. The largest absolute Gasteiger partial charge is 0.475 e. The average molecular weight is 554 g/mol. The molecular weight excluding hydrogens is 509 g/mol. The van der Waals surface area contributed by atoms with E-state index >= 15 is 0 Å². The Kier molecular flexibility index (Phi) is 11.6. The van der Waals surface area contributed by atoms with Gasteiger partial charge in [-0.25, -0.2) is 4.57 Å². The van der Waals surface area contributed by atoms with Crippen LogP contribution in [0.25, 0.3) is 0 Å². The van der Waals surface area contributed by atoms with Crippen LogP contribution in [0.4, 0.5) is 0 Å². The minimum atomic E-state index is -4.08. The second-order valence-corrected chi connectivity index (χ2v) is 17.0. The first-order chi connectivity index (χ1) is 16.7. The molecule has 0 aromatic heterocycles. The second kappa shape index (κ2) is 13.3. The summed E-state index contributed by atoms with van der Waals surface area (Å²) in [7, 11) is -4.81. The van der Waals surface area contributed by atoms with Gasteiger partial charge in [0.1, 0.15) is 6.10 Å². The number of amides is 1. The van der Waals surface area contributed by atoms with Gasteiger partial charge in [0, 0.05) is 33.6 Å². The van der Waals surface area contributed by atoms with Crippen LogP contribution in [0.5, 0.6) is 0 Å². The first kappa shape index (κ1) is 31.4. The number of carbonyl (C=O) groups excluding carboxylic acids is 2. The molecule has 2 aliphatic rings. The Balaban J connectivity index is 2.03. The van der Waals surface area contributed by atoms with Crippen LogP contribution in [-0.4, -0.2) is 83.1 Å². The van der Waals surface area contributed by atoms with E-state index in [1.165, 1.54) is 14.0 Å². The Morgan fingerprint density at radius 1 is 1.06 bits per heavy atom. The first-order valence-corrected chi connectivity index (χ1v) is 17.0. The maximum Gasteiger partial charge on any atom is 0.475 e. The molecule has 2 unspecified atom stereocenters. The molecule has 0 aromatic rings. The predicted octanol–water partition coefficient (Wildman–Crippen LogP) is 4.22. The standard InChI is InChI=1S/C23H44NO10PSi/c1-9-18-19(10-13-28-18)33-35(27,30-15-12-22(26)24(6)32-17(2)25)31-16-21-20(11-14-29-21)34-36(7,8)23(3,4)5/h18-21H,9-16H2,1-8H3/t18-,19?,20?,21-,35+/m1/s1. The van der Waals surface area contributed by atoms with Crippen molar-refractivity contribution in [3.8, 4) is 0 Å². The Morgan fingerprint density at radius 2 is 1.67 bits per heavy atom. The molecule has 0 N–H and O–H groups in total. The van der Waals surface area contributed by atoms with Crippen LogP contribution in [-0.2, 0) is 46.5 Å². The van der Waals surface area contributed by atoms with E-state index in [1.807, 2.05) is 6.92 Å². The van der Waals surface area contributed by atoms with Crippen LogP contribution in [0.15, 0.2) is 0 Å². The Morgan fingerprint density at radius 3 is 2.25 bits per heavy atom. The molecular formula is C23H44NO10PSi. The number of phosphoric acid groups is 1. The molecule has 0 radical (unpaired) electrons. The fourth-order valence-electron chi connectivity index (χ4n) is 3.68. The minimum absolute atomic E-state index is 0.0337. The molecule has 0 aromatic carbocycles. The molecule has 1 amide bonds. The Hall–Kier alpha value is -0.853. The van der Waals surface area contributed by atoms with Gasteiger partial charge in [-0.3, -0.25) is 23.2 Å². The van der Waals surface area contributed by atoms with Crippen LogP contribution in [0.2, 0.25) is 18.1 Å². The molecule has 2 heterocycles. The van der Waals surface area contributed by atoms with Crippen molar-refractivity contribution in [2.75, 3.05) is 33.5 Å². The number of hydrogen-bond donors (Lipinski definition) is 0. The first-order valence-electron chi connectivity index (χ1n) is 12.6. The molecule has 36 heavy (non-hydrogen) atoms. The summed E-state index contributed by atoms with van der Waals surface area (Å²) in [4.78, 5) is 28.0. The van der Waals surface area contributed by atoms with E-state index in [2.05, 4.69) is 33.9 Å². The number of phosphoric ester groups is 1. The van der Waals surface area contributed by atoms with Crippen molar-refractivity contribution in [3.63, 3.8) is 0 Å². The van der Waals surface area contributed by atoms with Crippen LogP contribution >= 0.6 is 7.82 Å². The summed E-state index contributed by atoms with van der Waals surface area (Å²) < 4.78 is 48.8. The molecule has 13 heteroatoms. The summed E-state index contributed by atoms with van der Waals surface area (Å²) in [5.74, 6) is -1.14. The van der Waals surface area contributed by atoms with E-state index in [-0.39, 0.29) is 36.9 Å². The third-order valence-electron chi connectivity index (χ3n) is 6.80. The summed E-state index contributed by atoms with van der Waals surface area (Å²) in [6, 6.07) is 0. The lowest BCUT2D eigenvalue weighted by molar-refractivity contribution is -0.191. The van der Waals surface area contributed by atoms with Gasteiger partial charge in [-0.05, 0) is 31.0 Å². The van der Waals surface area contributed by atoms with Gasteiger partial charge in [0.05, 0.1) is 37.9 Å². The highest BCUT2D eigenvalue weighted by molar-refractivity contribution is 7.48. The summed E-state index contributed by atoms with van der Waals surface area (Å²) in [5.41, 5.74) is 0. The zero-order chi connectivity index (χ0) is 27.1. The average Bonchev–Trinajstić information content (AvgIpc) is 3.39. The summed E-state index contributed by atoms with van der Waals surface area (Å²) in [6.07, 6.45) is 0.497. The number of rotatable bonds is 12. The molecule has 2 aliphatic heterocycles. The highest BCUT2D eigenvalue weighted by atomic mass is 31.2. The van der Waals surface area contributed by atoms with Gasteiger partial charge in [0.15, 0.2) is 8.32 Å². The quantitative estimate of drug-likeness (QED) is 0.197. The van der Waals surface area contributed by atoms with Crippen molar-refractivity contribution >= 4 is 28.0 Å². The maximum absolute atomic E-state index is 13.6. The van der Waals surface area contributed by atoms with Crippen LogP contribution in [0.1, 0.15) is 60.3 Å². The topological polar surface area (TPSA) is 119 Å². The molecule has 0 saturated carbocycles. The fraction of sp³-hybridized carbons (Fsp3) is 0.913. The lowest BCUT2D eigenvalue weighted by Gasteiger charge is -2.39. The lowest BCUT2D eigenvalue weighted by Crippen LogP contribution is -2.46. The van der Waals surface area contributed by atoms with Gasteiger partial charge in [0.25, 0.3) is 5.91 Å². The van der Waals surface area contributed by atoms with E-state index in [0.717, 1.165) is 11.5 Å². The van der Waals surface area contributed by atoms with E-state index in [0.29, 0.717) is 26.1 Å². The third kappa shape index (κ3) is 9.16. The monoisotopic (exact) mass is 553 g/mol. The highest BCUT2D eigenvalue weighted by Crippen LogP contribution is 2.53. The van der Waals surface area contributed by atoms with E-state index < -0.39 is 40.2 Å². The van der Waals surface area contributed by atoms with Crippen LogP contribution in [0.3, 0.4) is 0 Å². The fourth-order valence-corrected chi connectivity index (χ4v) is 6.47. The van der Waals surface area contributed by atoms with Gasteiger partial charge in [0.2, 0.25) is 0 Å². The molecule has 210 valence electrons. The zero-order valence-corrected chi connectivity index (χ0v) is 24.8. The number of carbonyl (C=O) groups is 2. The number of nitrogens with zero attached hydrogens (tertiary/aromatic N) is 1. The normalized spacial score (nSPS) is 26.6. The Bertz CT molecular complexity index is 789. The zero-order valence-electron chi connectivity index (χ0n) is 22.9. The molecule has 2 saturated heterocycles. The number of hydroxylamine groups is 2. The van der Waals surface area contributed by atoms with Gasteiger partial charge in [-0.2, -0.15) is 5.06 Å². The molecule has 11 nitrogen and oxygen atoms in total. The van der Waals surface area contributed by atoms with Crippen LogP contribution in [0, 0.1) is 0 Å². The molecule has 0 spiro atoms. The summed E-state index contributed by atoms with van der Waals surface area (Å²) in [5, 5.41) is 0.845.